The molecule has 0 radical (unpaired) electrons. The van der Waals surface area contributed by atoms with Crippen LogP contribution in [0, 0.1) is 10.1 Å². The average Bonchev–Trinajstić information content (AvgIpc) is 3.41. The van der Waals surface area contributed by atoms with Gasteiger partial charge in [0.15, 0.2) is 0 Å². The van der Waals surface area contributed by atoms with Crippen molar-refractivity contribution in [3.63, 3.8) is 0 Å². The number of nitro benzene ring substituents is 1. The molecular formula is C28H24F3N3O5. The normalized spacial score (nSPS) is 15.4. The van der Waals surface area contributed by atoms with Crippen LogP contribution >= 0.6 is 0 Å². The molecule has 1 fully saturated rings. The summed E-state index contributed by atoms with van der Waals surface area (Å²) >= 11 is 0. The van der Waals surface area contributed by atoms with E-state index in [1.54, 1.807) is 17.0 Å². The monoisotopic (exact) mass is 539 g/mol. The zero-order valence-electron chi connectivity index (χ0n) is 20.7. The number of fused-ring (bicyclic) bond motifs is 1. The smallest absolute Gasteiger partial charge is 0.416 e. The highest BCUT2D eigenvalue weighted by Crippen LogP contribution is 2.35. The molecule has 3 aromatic rings. The number of nitrogens with one attached hydrogen (secondary N) is 1. The van der Waals surface area contributed by atoms with E-state index in [0.717, 1.165) is 17.7 Å². The number of amides is 2. The van der Waals surface area contributed by atoms with Crippen molar-refractivity contribution in [1.82, 2.24) is 4.90 Å². The van der Waals surface area contributed by atoms with Gasteiger partial charge in [-0.3, -0.25) is 19.7 Å². The third kappa shape index (κ3) is 5.57. The zero-order chi connectivity index (χ0) is 27.7. The molecule has 3 aromatic carbocycles. The van der Waals surface area contributed by atoms with E-state index in [0.29, 0.717) is 56.0 Å². The van der Waals surface area contributed by atoms with Gasteiger partial charge in [-0.05, 0) is 54.7 Å². The van der Waals surface area contributed by atoms with Crippen LogP contribution in [-0.4, -0.2) is 41.3 Å². The summed E-state index contributed by atoms with van der Waals surface area (Å²) in [6, 6.07) is 14.3. The van der Waals surface area contributed by atoms with Crippen LogP contribution in [0.1, 0.15) is 56.2 Å². The van der Waals surface area contributed by atoms with Gasteiger partial charge in [0.2, 0.25) is 0 Å². The Kier molecular flexibility index (Phi) is 6.98. The van der Waals surface area contributed by atoms with Crippen molar-refractivity contribution in [1.29, 1.82) is 0 Å². The van der Waals surface area contributed by atoms with Gasteiger partial charge in [0.25, 0.3) is 17.5 Å². The lowest BCUT2D eigenvalue weighted by Crippen LogP contribution is -2.38. The van der Waals surface area contributed by atoms with Crippen molar-refractivity contribution in [2.45, 2.75) is 31.4 Å². The van der Waals surface area contributed by atoms with Crippen molar-refractivity contribution in [2.75, 3.05) is 25.0 Å². The lowest BCUT2D eigenvalue weighted by atomic mass is 9.89. The summed E-state index contributed by atoms with van der Waals surface area (Å²) in [5.41, 5.74) is 1.26. The number of hydrogen-bond acceptors (Lipinski definition) is 5. The summed E-state index contributed by atoms with van der Waals surface area (Å²) in [6.07, 6.45) is -2.72. The van der Waals surface area contributed by atoms with E-state index in [9.17, 15) is 32.9 Å². The average molecular weight is 540 g/mol. The molecule has 0 aromatic heterocycles. The molecule has 39 heavy (non-hydrogen) atoms. The lowest BCUT2D eigenvalue weighted by Gasteiger charge is -2.32. The second-order valence-electron chi connectivity index (χ2n) is 9.56. The number of piperidine rings is 1. The second kappa shape index (κ2) is 10.4. The third-order valence-corrected chi connectivity index (χ3v) is 7.08. The van der Waals surface area contributed by atoms with Gasteiger partial charge in [-0.15, -0.1) is 0 Å². The minimum atomic E-state index is -4.51. The van der Waals surface area contributed by atoms with Gasteiger partial charge in [0, 0.05) is 48.5 Å². The van der Waals surface area contributed by atoms with E-state index >= 15 is 0 Å². The molecule has 1 saturated heterocycles. The topological polar surface area (TPSA) is 102 Å². The molecule has 5 rings (SSSR count). The maximum Gasteiger partial charge on any atom is 0.416 e. The van der Waals surface area contributed by atoms with Crippen molar-refractivity contribution in [2.24, 2.45) is 0 Å². The molecule has 0 spiro atoms. The van der Waals surface area contributed by atoms with Gasteiger partial charge < -0.3 is 15.0 Å². The minimum Gasteiger partial charge on any atom is -0.492 e. The number of hydrogen-bond donors (Lipinski definition) is 1. The van der Waals surface area contributed by atoms with E-state index < -0.39 is 28.5 Å². The van der Waals surface area contributed by atoms with E-state index in [1.165, 1.54) is 24.3 Å². The molecule has 0 unspecified atom stereocenters. The number of halogens is 3. The van der Waals surface area contributed by atoms with Crippen LogP contribution in [0.3, 0.4) is 0 Å². The first-order valence-electron chi connectivity index (χ1n) is 12.4. The molecule has 2 aliphatic heterocycles. The molecule has 0 saturated carbocycles. The molecule has 2 amide bonds. The van der Waals surface area contributed by atoms with Gasteiger partial charge in [-0.2, -0.15) is 13.2 Å². The van der Waals surface area contributed by atoms with E-state index in [2.05, 4.69) is 5.32 Å². The molecule has 0 atom stereocenters. The fourth-order valence-electron chi connectivity index (χ4n) is 5.03. The summed E-state index contributed by atoms with van der Waals surface area (Å²) < 4.78 is 44.6. The number of rotatable bonds is 5. The van der Waals surface area contributed by atoms with Gasteiger partial charge >= 0.3 is 6.18 Å². The Balaban J connectivity index is 1.21. The summed E-state index contributed by atoms with van der Waals surface area (Å²) in [6.45, 7) is 1.18. The van der Waals surface area contributed by atoms with E-state index in [4.69, 9.17) is 4.74 Å². The molecular weight excluding hydrogens is 515 g/mol. The number of non-ortho nitro benzene ring substituents is 1. The molecule has 2 aliphatic rings. The number of benzene rings is 3. The van der Waals surface area contributed by atoms with Crippen LogP contribution in [0.5, 0.6) is 5.75 Å². The number of ether oxygens (including phenoxy) is 1. The highest BCUT2D eigenvalue weighted by atomic mass is 19.4. The highest BCUT2D eigenvalue weighted by Gasteiger charge is 2.32. The second-order valence-corrected chi connectivity index (χ2v) is 9.56. The summed E-state index contributed by atoms with van der Waals surface area (Å²) in [5.74, 6) is -0.421. The van der Waals surface area contributed by atoms with Crippen LogP contribution in [0.15, 0.2) is 60.7 Å². The van der Waals surface area contributed by atoms with Crippen LogP contribution in [0.25, 0.3) is 0 Å². The maximum atomic E-state index is 13.0. The van der Waals surface area contributed by atoms with Crippen molar-refractivity contribution < 1.29 is 32.4 Å². The van der Waals surface area contributed by atoms with Crippen LogP contribution < -0.4 is 10.1 Å². The van der Waals surface area contributed by atoms with Crippen LogP contribution in [-0.2, 0) is 12.6 Å². The number of anilines is 1. The Morgan fingerprint density at radius 3 is 2.41 bits per heavy atom. The Morgan fingerprint density at radius 1 is 1.03 bits per heavy atom. The zero-order valence-corrected chi connectivity index (χ0v) is 20.7. The molecule has 11 heteroatoms. The predicted octanol–water partition coefficient (Wildman–Crippen LogP) is 5.82. The van der Waals surface area contributed by atoms with Gasteiger partial charge in [0.05, 0.1) is 22.7 Å². The lowest BCUT2D eigenvalue weighted by molar-refractivity contribution is -0.384. The van der Waals surface area contributed by atoms with Gasteiger partial charge in [-0.1, -0.05) is 18.2 Å². The molecule has 0 aliphatic carbocycles. The SMILES string of the molecule is O=C(Nc1ccc(C2CCN(C(=O)c3cccc(C(F)(F)F)c3)CC2)cc1)c1cc([N+](=O)[O-])cc2c1OCC2. The molecule has 0 bridgehead atoms. The first-order chi connectivity index (χ1) is 18.6. The Labute approximate surface area is 221 Å². The summed E-state index contributed by atoms with van der Waals surface area (Å²) in [7, 11) is 0. The minimum absolute atomic E-state index is 0.0168. The predicted molar refractivity (Wildman–Crippen MR) is 136 cm³/mol. The fourth-order valence-corrected chi connectivity index (χ4v) is 5.03. The van der Waals surface area contributed by atoms with Gasteiger partial charge in [-0.25, -0.2) is 0 Å². The fraction of sp³-hybridized carbons (Fsp3) is 0.286. The molecule has 1 N–H and O–H groups in total. The molecule has 202 valence electrons. The summed E-state index contributed by atoms with van der Waals surface area (Å²) in [5, 5.41) is 14.0. The van der Waals surface area contributed by atoms with Crippen LogP contribution in [0.4, 0.5) is 24.5 Å². The summed E-state index contributed by atoms with van der Waals surface area (Å²) in [4.78, 5) is 38.0. The molecule has 2 heterocycles. The van der Waals surface area contributed by atoms with Crippen molar-refractivity contribution in [3.8, 4) is 5.75 Å². The third-order valence-electron chi connectivity index (χ3n) is 7.08. The Bertz CT molecular complexity index is 1430. The highest BCUT2D eigenvalue weighted by molar-refractivity contribution is 6.07. The maximum absolute atomic E-state index is 13.0. The quantitative estimate of drug-likeness (QED) is 0.325. The largest absolute Gasteiger partial charge is 0.492 e. The number of likely N-dealkylation sites (tertiary alicyclic amines) is 1. The van der Waals surface area contributed by atoms with Crippen molar-refractivity contribution in [3.05, 3.63) is 98.6 Å². The van der Waals surface area contributed by atoms with E-state index in [-0.39, 0.29) is 22.7 Å². The first kappa shape index (κ1) is 26.2. The Morgan fingerprint density at radius 2 is 1.74 bits per heavy atom. The standard InChI is InChI=1S/C28H24F3N3O5/c29-28(30,31)21-3-1-2-20(14-21)27(36)33-11-8-18(9-12-33)17-4-6-22(7-5-17)32-26(35)24-16-23(34(37)38)15-19-10-13-39-25(19)24/h1-7,14-16,18H,8-13H2,(H,32,35). The number of nitrogens with zero attached hydrogens (tertiary/aromatic N) is 2. The van der Waals surface area contributed by atoms with Gasteiger partial charge in [0.1, 0.15) is 5.75 Å². The molecule has 8 nitrogen and oxygen atoms in total. The first-order valence-corrected chi connectivity index (χ1v) is 12.4. The van der Waals surface area contributed by atoms with Crippen LogP contribution in [0.2, 0.25) is 0 Å². The Hall–Kier alpha value is -4.41. The number of nitro groups is 1. The number of alkyl halides is 3. The van der Waals surface area contributed by atoms with E-state index in [1.807, 2.05) is 12.1 Å². The number of carbonyl (C=O) groups excluding carboxylic acids is 2. The number of carbonyl (C=O) groups is 2. The van der Waals surface area contributed by atoms with Crippen molar-refractivity contribution >= 4 is 23.2 Å².